The molecule has 0 atom stereocenters. The molecule has 1 aromatic rings. The van der Waals surface area contributed by atoms with Gasteiger partial charge in [-0.3, -0.25) is 4.79 Å². The maximum absolute atomic E-state index is 10.6. The van der Waals surface area contributed by atoms with Crippen LogP contribution in [0, 0.1) is 0 Å². The molecule has 0 unspecified atom stereocenters. The zero-order valence-electron chi connectivity index (χ0n) is 7.57. The van der Waals surface area contributed by atoms with Crippen molar-refractivity contribution in [2.75, 3.05) is 6.61 Å². The highest BCUT2D eigenvalue weighted by molar-refractivity contribution is 5.79. The van der Waals surface area contributed by atoms with Crippen molar-refractivity contribution in [2.45, 2.75) is 6.92 Å². The second kappa shape index (κ2) is 5.14. The molecule has 0 radical (unpaired) electrons. The van der Waals surface area contributed by atoms with Crippen LogP contribution >= 0.6 is 0 Å². The summed E-state index contributed by atoms with van der Waals surface area (Å²) in [6.07, 6.45) is 4.59. The average Bonchev–Trinajstić information content (AvgIpc) is 2.19. The van der Waals surface area contributed by atoms with E-state index in [1.165, 1.54) is 0 Å². The Bertz CT molecular complexity index is 303. The zero-order valence-corrected chi connectivity index (χ0v) is 7.57. The number of ether oxygens (including phenoxy) is 1. The lowest BCUT2D eigenvalue weighted by atomic mass is 10.2. The summed E-state index contributed by atoms with van der Waals surface area (Å²) < 4.78 is 5.35. The Morgan fingerprint density at radius 3 is 2.85 bits per heavy atom. The van der Waals surface area contributed by atoms with Gasteiger partial charge in [0.2, 0.25) is 0 Å². The molecule has 2 heteroatoms. The third kappa shape index (κ3) is 2.75. The van der Waals surface area contributed by atoms with Crippen LogP contribution in [0.1, 0.15) is 17.3 Å². The number of rotatable bonds is 4. The summed E-state index contributed by atoms with van der Waals surface area (Å²) in [5.41, 5.74) is 0.590. The predicted octanol–water partition coefficient (Wildman–Crippen LogP) is 2.45. The van der Waals surface area contributed by atoms with Crippen molar-refractivity contribution in [3.63, 3.8) is 0 Å². The highest BCUT2D eigenvalue weighted by atomic mass is 16.5. The van der Waals surface area contributed by atoms with Crippen molar-refractivity contribution in [3.8, 4) is 5.75 Å². The van der Waals surface area contributed by atoms with E-state index < -0.39 is 0 Å². The van der Waals surface area contributed by atoms with Crippen LogP contribution < -0.4 is 4.74 Å². The van der Waals surface area contributed by atoms with Crippen LogP contribution in [0.25, 0.3) is 0 Å². The normalized spacial score (nSPS) is 10.2. The molecule has 2 nitrogen and oxygen atoms in total. The second-order valence-electron chi connectivity index (χ2n) is 2.54. The molecule has 68 valence electrons. The fourth-order valence-corrected chi connectivity index (χ4v) is 0.943. The Kier molecular flexibility index (Phi) is 3.76. The van der Waals surface area contributed by atoms with Crippen molar-refractivity contribution in [1.82, 2.24) is 0 Å². The van der Waals surface area contributed by atoms with Gasteiger partial charge in [-0.05, 0) is 19.1 Å². The lowest BCUT2D eigenvalue weighted by Gasteiger charge is -2.04. The summed E-state index contributed by atoms with van der Waals surface area (Å²) in [6.45, 7) is 2.43. The van der Waals surface area contributed by atoms with Gasteiger partial charge in [0.05, 0.1) is 5.56 Å². The molecule has 0 saturated carbocycles. The van der Waals surface area contributed by atoms with E-state index in [9.17, 15) is 4.79 Å². The van der Waals surface area contributed by atoms with Crippen LogP contribution in [-0.2, 0) is 0 Å². The monoisotopic (exact) mass is 176 g/mol. The third-order valence-corrected chi connectivity index (χ3v) is 1.62. The van der Waals surface area contributed by atoms with E-state index in [1.807, 2.05) is 31.2 Å². The Hall–Kier alpha value is -1.57. The second-order valence-corrected chi connectivity index (χ2v) is 2.54. The molecule has 0 fully saturated rings. The van der Waals surface area contributed by atoms with Crippen LogP contribution in [-0.4, -0.2) is 12.9 Å². The number of hydrogen-bond donors (Lipinski definition) is 0. The molecule has 0 heterocycles. The van der Waals surface area contributed by atoms with Crippen molar-refractivity contribution in [3.05, 3.63) is 42.0 Å². The number of aldehydes is 1. The van der Waals surface area contributed by atoms with E-state index >= 15 is 0 Å². The van der Waals surface area contributed by atoms with E-state index in [1.54, 1.807) is 12.1 Å². The number of hydrogen-bond acceptors (Lipinski definition) is 2. The van der Waals surface area contributed by atoms with Gasteiger partial charge < -0.3 is 4.74 Å². The Morgan fingerprint density at radius 2 is 2.15 bits per heavy atom. The zero-order chi connectivity index (χ0) is 9.52. The van der Waals surface area contributed by atoms with Gasteiger partial charge in [-0.25, -0.2) is 0 Å². The first kappa shape index (κ1) is 9.52. The van der Waals surface area contributed by atoms with Crippen molar-refractivity contribution in [1.29, 1.82) is 0 Å². The summed E-state index contributed by atoms with van der Waals surface area (Å²) in [5.74, 6) is 0.635. The fourth-order valence-electron chi connectivity index (χ4n) is 0.943. The summed E-state index contributed by atoms with van der Waals surface area (Å²) in [5, 5.41) is 0. The Balaban J connectivity index is 2.69. The number of allylic oxidation sites excluding steroid dienone is 1. The molecule has 0 aromatic heterocycles. The molecular formula is C11H12O2. The number of benzene rings is 1. The average molecular weight is 176 g/mol. The van der Waals surface area contributed by atoms with E-state index in [2.05, 4.69) is 0 Å². The number of carbonyl (C=O) groups is 1. The fraction of sp³-hybridized carbons (Fsp3) is 0.182. The minimum atomic E-state index is 0.501. The maximum atomic E-state index is 10.6. The number of carbonyl (C=O) groups excluding carboxylic acids is 1. The van der Waals surface area contributed by atoms with Gasteiger partial charge in [0, 0.05) is 0 Å². The van der Waals surface area contributed by atoms with Crippen molar-refractivity contribution < 1.29 is 9.53 Å². The molecule has 0 saturated heterocycles. The van der Waals surface area contributed by atoms with Gasteiger partial charge in [0.15, 0.2) is 6.29 Å². The van der Waals surface area contributed by atoms with E-state index in [0.717, 1.165) is 6.29 Å². The molecule has 0 aliphatic carbocycles. The van der Waals surface area contributed by atoms with Crippen LogP contribution in [0.3, 0.4) is 0 Å². The van der Waals surface area contributed by atoms with Crippen LogP contribution in [0.5, 0.6) is 5.75 Å². The molecule has 0 aliphatic heterocycles. The lowest BCUT2D eigenvalue weighted by Crippen LogP contribution is -1.96. The van der Waals surface area contributed by atoms with Gasteiger partial charge >= 0.3 is 0 Å². The van der Waals surface area contributed by atoms with E-state index in [4.69, 9.17) is 4.74 Å². The molecule has 0 amide bonds. The Labute approximate surface area is 77.8 Å². The third-order valence-electron chi connectivity index (χ3n) is 1.62. The predicted molar refractivity (Wildman–Crippen MR) is 52.1 cm³/mol. The molecule has 0 N–H and O–H groups in total. The van der Waals surface area contributed by atoms with Crippen LogP contribution in [0.4, 0.5) is 0 Å². The molecule has 0 bridgehead atoms. The van der Waals surface area contributed by atoms with E-state index in [0.29, 0.717) is 17.9 Å². The molecular weight excluding hydrogens is 164 g/mol. The SMILES string of the molecule is CC=CCOc1ccccc1C=O. The molecule has 1 aromatic carbocycles. The van der Waals surface area contributed by atoms with Gasteiger partial charge in [0.1, 0.15) is 12.4 Å². The molecule has 0 aliphatic rings. The first-order chi connectivity index (χ1) is 6.38. The standard InChI is InChI=1S/C11H12O2/c1-2-3-8-13-11-7-5-4-6-10(11)9-12/h2-7,9H,8H2,1H3. The smallest absolute Gasteiger partial charge is 0.153 e. The minimum Gasteiger partial charge on any atom is -0.489 e. The van der Waals surface area contributed by atoms with Gasteiger partial charge in [0.25, 0.3) is 0 Å². The molecule has 1 rings (SSSR count). The number of para-hydroxylation sites is 1. The minimum absolute atomic E-state index is 0.501. The molecule has 13 heavy (non-hydrogen) atoms. The van der Waals surface area contributed by atoms with Gasteiger partial charge in [-0.2, -0.15) is 0 Å². The van der Waals surface area contributed by atoms with Crippen LogP contribution in [0.2, 0.25) is 0 Å². The maximum Gasteiger partial charge on any atom is 0.153 e. The van der Waals surface area contributed by atoms with Crippen molar-refractivity contribution >= 4 is 6.29 Å². The molecule has 0 spiro atoms. The summed E-state index contributed by atoms with van der Waals surface area (Å²) >= 11 is 0. The largest absolute Gasteiger partial charge is 0.489 e. The van der Waals surface area contributed by atoms with Crippen LogP contribution in [0.15, 0.2) is 36.4 Å². The quantitative estimate of drug-likeness (QED) is 0.520. The lowest BCUT2D eigenvalue weighted by molar-refractivity contribution is 0.112. The van der Waals surface area contributed by atoms with Crippen molar-refractivity contribution in [2.24, 2.45) is 0 Å². The van der Waals surface area contributed by atoms with Gasteiger partial charge in [-0.1, -0.05) is 24.3 Å². The summed E-state index contributed by atoms with van der Waals surface area (Å²) in [6, 6.07) is 7.18. The summed E-state index contributed by atoms with van der Waals surface area (Å²) in [7, 11) is 0. The highest BCUT2D eigenvalue weighted by Crippen LogP contribution is 2.15. The topological polar surface area (TPSA) is 26.3 Å². The highest BCUT2D eigenvalue weighted by Gasteiger charge is 1.98. The first-order valence-electron chi connectivity index (χ1n) is 4.16. The van der Waals surface area contributed by atoms with Gasteiger partial charge in [-0.15, -0.1) is 0 Å². The Morgan fingerprint density at radius 1 is 1.38 bits per heavy atom. The summed E-state index contributed by atoms with van der Waals surface area (Å²) in [4.78, 5) is 10.6. The van der Waals surface area contributed by atoms with E-state index in [-0.39, 0.29) is 0 Å². The first-order valence-corrected chi connectivity index (χ1v) is 4.16.